The van der Waals surface area contributed by atoms with Crippen LogP contribution in [0.3, 0.4) is 0 Å². The highest BCUT2D eigenvalue weighted by Crippen LogP contribution is 2.41. The van der Waals surface area contributed by atoms with Gasteiger partial charge in [0.2, 0.25) is 0 Å². The number of carboxylic acids is 2. The number of carboxylic acid groups (broad SMARTS) is 2. The lowest BCUT2D eigenvalue weighted by Crippen LogP contribution is -2.61. The fourth-order valence-electron chi connectivity index (χ4n) is 4.28. The van der Waals surface area contributed by atoms with E-state index in [9.17, 15) is 15.0 Å². The Morgan fingerprint density at radius 3 is 2.58 bits per heavy atom. The van der Waals surface area contributed by atoms with Crippen molar-refractivity contribution in [1.29, 1.82) is 0 Å². The van der Waals surface area contributed by atoms with Gasteiger partial charge in [0.15, 0.2) is 17.1 Å². The van der Waals surface area contributed by atoms with Crippen molar-refractivity contribution in [1.82, 2.24) is 10.5 Å². The number of benzene rings is 1. The van der Waals surface area contributed by atoms with E-state index in [-0.39, 0.29) is 29.4 Å². The maximum Gasteiger partial charge on any atom is 0.343 e. The summed E-state index contributed by atoms with van der Waals surface area (Å²) in [6, 6.07) is 6.91. The molecule has 0 bridgehead atoms. The highest BCUT2D eigenvalue weighted by atomic mass is 35.5. The van der Waals surface area contributed by atoms with E-state index in [1.807, 2.05) is 4.90 Å². The predicted octanol–water partition coefficient (Wildman–Crippen LogP) is 2.72. The number of aromatic nitrogens is 1. The summed E-state index contributed by atoms with van der Waals surface area (Å²) in [5, 5.41) is 35.3. The van der Waals surface area contributed by atoms with Gasteiger partial charge in [-0.15, -0.1) is 0 Å². The molecule has 0 amide bonds. The van der Waals surface area contributed by atoms with E-state index < -0.39 is 11.9 Å². The zero-order valence-electron chi connectivity index (χ0n) is 17.2. The van der Waals surface area contributed by atoms with Crippen LogP contribution < -0.4 is 10.2 Å². The number of aliphatic carboxylic acids is 1. The number of hydrogen-bond acceptors (Lipinski definition) is 7. The summed E-state index contributed by atoms with van der Waals surface area (Å²) in [6.45, 7) is 3.35. The van der Waals surface area contributed by atoms with E-state index in [1.165, 1.54) is 0 Å². The fraction of sp³-hybridized carbons (Fsp3) is 0.476. The molecule has 3 heterocycles. The van der Waals surface area contributed by atoms with Gasteiger partial charge in [0.25, 0.3) is 5.97 Å². The zero-order valence-corrected chi connectivity index (χ0v) is 17.9. The number of rotatable bonds is 4. The van der Waals surface area contributed by atoms with Crippen molar-refractivity contribution >= 4 is 29.4 Å². The molecule has 9 nitrogen and oxygen atoms in total. The van der Waals surface area contributed by atoms with Gasteiger partial charge in [0.05, 0.1) is 6.61 Å². The number of halogens is 1. The van der Waals surface area contributed by atoms with Crippen LogP contribution in [0.15, 0.2) is 28.8 Å². The number of nitrogens with one attached hydrogen (secondary N) is 1. The number of aromatic carboxylic acids is 1. The molecule has 168 valence electrons. The first-order chi connectivity index (χ1) is 14.8. The third-order valence-corrected chi connectivity index (χ3v) is 6.12. The first-order valence-corrected chi connectivity index (χ1v) is 10.4. The lowest BCUT2D eigenvalue weighted by Gasteiger charge is -2.50. The second-order valence-corrected chi connectivity index (χ2v) is 8.30. The van der Waals surface area contributed by atoms with Crippen LogP contribution in [-0.4, -0.2) is 64.7 Å². The number of piperidine rings is 2. The largest absolute Gasteiger partial charge is 0.481 e. The van der Waals surface area contributed by atoms with Crippen molar-refractivity contribution in [3.05, 3.63) is 34.9 Å². The lowest BCUT2D eigenvalue weighted by atomic mass is 9.70. The van der Waals surface area contributed by atoms with Crippen LogP contribution in [0.4, 0.5) is 5.82 Å². The van der Waals surface area contributed by atoms with Crippen molar-refractivity contribution in [2.75, 3.05) is 31.1 Å². The minimum Gasteiger partial charge on any atom is -0.481 e. The second-order valence-electron chi connectivity index (χ2n) is 7.87. The molecule has 2 aromatic rings. The molecule has 0 unspecified atom stereocenters. The first-order valence-electron chi connectivity index (χ1n) is 10.0. The molecule has 4 N–H and O–H groups in total. The van der Waals surface area contributed by atoms with Gasteiger partial charge >= 0.3 is 5.97 Å². The molecule has 2 atom stereocenters. The Morgan fingerprint density at radius 2 is 1.97 bits per heavy atom. The molecule has 2 aliphatic heterocycles. The first kappa shape index (κ1) is 23.1. The maximum atomic E-state index is 12.0. The SMILES string of the molecule is CC(=O)O.O=C(O)c1c(N2CC[C@@]3(CO)CCCN[C@@H]3C2)noc1-c1ccc(Cl)cc1. The highest BCUT2D eigenvalue weighted by molar-refractivity contribution is 6.30. The van der Waals surface area contributed by atoms with Gasteiger partial charge < -0.3 is 30.1 Å². The normalized spacial score (nSPS) is 22.8. The number of hydrogen-bond donors (Lipinski definition) is 4. The minimum atomic E-state index is -1.08. The number of carbonyl (C=O) groups is 2. The third-order valence-electron chi connectivity index (χ3n) is 5.87. The Bertz CT molecular complexity index is 928. The van der Waals surface area contributed by atoms with Crippen molar-refractivity contribution in [2.24, 2.45) is 5.41 Å². The molecule has 2 aliphatic rings. The standard InChI is InChI=1S/C19H22ClN3O4.C2H4O2/c20-13-4-2-12(3-5-13)16-15(18(25)26)17(22-27-16)23-9-7-19(11-24)6-1-8-21-14(19)10-23;1-2(3)4/h2-5,14,21,24H,1,6-11H2,(H,25,26);1H3,(H,3,4)/t14-,19-;/m1./s1. The number of anilines is 1. The van der Waals surface area contributed by atoms with Crippen molar-refractivity contribution in [2.45, 2.75) is 32.2 Å². The molecule has 0 aliphatic carbocycles. The average molecular weight is 452 g/mol. The molecule has 0 spiro atoms. The van der Waals surface area contributed by atoms with Crippen LogP contribution in [0.25, 0.3) is 11.3 Å². The number of fused-ring (bicyclic) bond motifs is 1. The Balaban J connectivity index is 0.000000628. The molecule has 2 saturated heterocycles. The molecule has 31 heavy (non-hydrogen) atoms. The van der Waals surface area contributed by atoms with Crippen LogP contribution in [0.5, 0.6) is 0 Å². The Kier molecular flexibility index (Phi) is 7.19. The molecule has 4 rings (SSSR count). The van der Waals surface area contributed by atoms with E-state index >= 15 is 0 Å². The summed E-state index contributed by atoms with van der Waals surface area (Å²) < 4.78 is 5.44. The van der Waals surface area contributed by atoms with Crippen LogP contribution in [0.2, 0.25) is 5.02 Å². The van der Waals surface area contributed by atoms with Crippen LogP contribution in [-0.2, 0) is 4.79 Å². The number of nitrogens with zero attached hydrogens (tertiary/aromatic N) is 2. The van der Waals surface area contributed by atoms with E-state index in [2.05, 4.69) is 10.5 Å². The molecule has 0 saturated carbocycles. The predicted molar refractivity (Wildman–Crippen MR) is 115 cm³/mol. The van der Waals surface area contributed by atoms with Gasteiger partial charge in [0.1, 0.15) is 0 Å². The fourth-order valence-corrected chi connectivity index (χ4v) is 4.41. The van der Waals surface area contributed by atoms with Crippen LogP contribution >= 0.6 is 11.6 Å². The molecule has 2 fully saturated rings. The molecular formula is C21H26ClN3O6. The van der Waals surface area contributed by atoms with Crippen LogP contribution in [0, 0.1) is 5.41 Å². The lowest BCUT2D eigenvalue weighted by molar-refractivity contribution is -0.134. The number of aliphatic hydroxyl groups excluding tert-OH is 1. The van der Waals surface area contributed by atoms with Gasteiger partial charge in [-0.05, 0) is 50.1 Å². The van der Waals surface area contributed by atoms with Gasteiger partial charge in [-0.25, -0.2) is 4.79 Å². The molecule has 10 heteroatoms. The molecule has 1 aromatic carbocycles. The van der Waals surface area contributed by atoms with Crippen LogP contribution in [0.1, 0.15) is 36.5 Å². The van der Waals surface area contributed by atoms with E-state index in [0.717, 1.165) is 32.7 Å². The average Bonchev–Trinajstić information content (AvgIpc) is 3.19. The summed E-state index contributed by atoms with van der Waals surface area (Å²) in [7, 11) is 0. The summed E-state index contributed by atoms with van der Waals surface area (Å²) in [4.78, 5) is 22.9. The molecular weight excluding hydrogens is 426 g/mol. The summed E-state index contributed by atoms with van der Waals surface area (Å²) >= 11 is 5.92. The minimum absolute atomic E-state index is 0.0598. The zero-order chi connectivity index (χ0) is 22.6. The summed E-state index contributed by atoms with van der Waals surface area (Å²) in [5.74, 6) is -1.34. The monoisotopic (exact) mass is 451 g/mol. The highest BCUT2D eigenvalue weighted by Gasteiger charge is 2.45. The van der Waals surface area contributed by atoms with Gasteiger partial charge in [-0.3, -0.25) is 4.79 Å². The second kappa shape index (κ2) is 9.67. The summed E-state index contributed by atoms with van der Waals surface area (Å²) in [6.07, 6.45) is 2.81. The van der Waals surface area contributed by atoms with Gasteiger partial charge in [-0.2, -0.15) is 0 Å². The van der Waals surface area contributed by atoms with Gasteiger partial charge in [-0.1, -0.05) is 16.8 Å². The topological polar surface area (TPSA) is 136 Å². The summed E-state index contributed by atoms with van der Waals surface area (Å²) in [5.41, 5.74) is 0.540. The van der Waals surface area contributed by atoms with E-state index in [0.29, 0.717) is 29.5 Å². The number of aliphatic hydroxyl groups is 1. The van der Waals surface area contributed by atoms with Gasteiger partial charge in [0, 0.05) is 42.1 Å². The van der Waals surface area contributed by atoms with E-state index in [4.69, 9.17) is 26.0 Å². The Morgan fingerprint density at radius 1 is 1.29 bits per heavy atom. The van der Waals surface area contributed by atoms with Crippen molar-refractivity contribution in [3.63, 3.8) is 0 Å². The Hall–Kier alpha value is -2.62. The molecule has 1 aromatic heterocycles. The smallest absolute Gasteiger partial charge is 0.343 e. The Labute approximate surface area is 184 Å². The molecule has 0 radical (unpaired) electrons. The third kappa shape index (κ3) is 5.00. The van der Waals surface area contributed by atoms with Crippen molar-refractivity contribution < 1.29 is 29.4 Å². The quantitative estimate of drug-likeness (QED) is 0.553. The van der Waals surface area contributed by atoms with E-state index in [1.54, 1.807) is 24.3 Å². The maximum absolute atomic E-state index is 12.0. The van der Waals surface area contributed by atoms with Crippen molar-refractivity contribution in [3.8, 4) is 11.3 Å².